The van der Waals surface area contributed by atoms with E-state index in [0.717, 1.165) is 0 Å². The molecule has 14 heavy (non-hydrogen) atoms. The van der Waals surface area contributed by atoms with Gasteiger partial charge in [0.2, 0.25) is 0 Å². The highest BCUT2D eigenvalue weighted by Crippen LogP contribution is 2.13. The van der Waals surface area contributed by atoms with E-state index in [0.29, 0.717) is 0 Å². The van der Waals surface area contributed by atoms with Gasteiger partial charge in [-0.05, 0) is 6.92 Å². The summed E-state index contributed by atoms with van der Waals surface area (Å²) in [5.41, 5.74) is -0.285. The van der Waals surface area contributed by atoms with Crippen LogP contribution in [0.4, 0.5) is 4.79 Å². The number of carboxylic acid groups (broad SMARTS) is 1. The van der Waals surface area contributed by atoms with Crippen LogP contribution in [0.5, 0.6) is 0 Å². The summed E-state index contributed by atoms with van der Waals surface area (Å²) in [5, 5.41) is 8.26. The molecule has 0 aromatic carbocycles. The second kappa shape index (κ2) is 4.43. The van der Waals surface area contributed by atoms with E-state index in [1.807, 2.05) is 0 Å². The van der Waals surface area contributed by atoms with Crippen molar-refractivity contribution in [2.75, 3.05) is 0 Å². The molecule has 0 spiro atoms. The Hall–Kier alpha value is -1.81. The van der Waals surface area contributed by atoms with E-state index in [2.05, 4.69) is 9.47 Å². The third kappa shape index (κ3) is 4.27. The predicted octanol–water partition coefficient (Wildman–Crippen LogP) is 0.738. The van der Waals surface area contributed by atoms with E-state index in [-0.39, 0.29) is 5.57 Å². The van der Waals surface area contributed by atoms with E-state index in [1.165, 1.54) is 26.7 Å². The first kappa shape index (κ1) is 12.2. The molecule has 0 aliphatic rings. The first-order valence-electron chi connectivity index (χ1n) is 3.65. The molecule has 0 unspecified atom stereocenters. The molecule has 0 aliphatic carbocycles. The second-order valence-corrected chi connectivity index (χ2v) is 2.88. The van der Waals surface area contributed by atoms with Crippen molar-refractivity contribution in [1.82, 2.24) is 0 Å². The lowest BCUT2D eigenvalue weighted by Gasteiger charge is -2.22. The Labute approximate surface area is 80.1 Å². The summed E-state index contributed by atoms with van der Waals surface area (Å²) in [5.74, 6) is -1.26. The van der Waals surface area contributed by atoms with Gasteiger partial charge in [0, 0.05) is 13.8 Å². The number of carbonyl (C=O) groups excluding carboxylic acids is 2. The lowest BCUT2D eigenvalue weighted by atomic mass is 10.3. The minimum absolute atomic E-state index is 0.285. The maximum Gasteiger partial charge on any atom is 0.509 e. The fraction of sp³-hybridized carbons (Fsp3) is 0.500. The molecule has 0 amide bonds. The smallest absolute Gasteiger partial charge is 0.450 e. The van der Waals surface area contributed by atoms with Crippen LogP contribution in [0.3, 0.4) is 0 Å². The lowest BCUT2D eigenvalue weighted by Crippen LogP contribution is -2.33. The molecule has 0 bridgehead atoms. The van der Waals surface area contributed by atoms with E-state index in [4.69, 9.17) is 5.11 Å². The topological polar surface area (TPSA) is 89.9 Å². The van der Waals surface area contributed by atoms with Crippen LogP contribution in [-0.4, -0.2) is 29.0 Å². The third-order valence-electron chi connectivity index (χ3n) is 1.13. The fourth-order valence-corrected chi connectivity index (χ4v) is 0.573. The molecule has 0 fully saturated rings. The molecule has 6 nitrogen and oxygen atoms in total. The van der Waals surface area contributed by atoms with E-state index < -0.39 is 17.9 Å². The van der Waals surface area contributed by atoms with Crippen molar-refractivity contribution in [1.29, 1.82) is 0 Å². The lowest BCUT2D eigenvalue weighted by molar-refractivity contribution is -0.194. The number of hydrogen-bond donors (Lipinski definition) is 1. The van der Waals surface area contributed by atoms with Crippen LogP contribution in [0, 0.1) is 0 Å². The average Bonchev–Trinajstić information content (AvgIpc) is 1.99. The first-order valence-corrected chi connectivity index (χ1v) is 3.65. The molecular formula is C8H10O6. The Balaban J connectivity index is 4.43. The minimum atomic E-state index is -1.62. The molecule has 0 atom stereocenters. The van der Waals surface area contributed by atoms with Crippen LogP contribution < -0.4 is 0 Å². The zero-order chi connectivity index (χ0) is 11.4. The van der Waals surface area contributed by atoms with E-state index >= 15 is 0 Å². The molecule has 1 N–H and O–H groups in total. The van der Waals surface area contributed by atoms with Crippen LogP contribution in [0.1, 0.15) is 20.8 Å². The molecule has 0 saturated heterocycles. The van der Waals surface area contributed by atoms with Crippen molar-refractivity contribution in [3.63, 3.8) is 0 Å². The highest BCUT2D eigenvalue weighted by atomic mass is 16.8. The maximum atomic E-state index is 11.0. The van der Waals surface area contributed by atoms with Crippen molar-refractivity contribution >= 4 is 18.1 Å². The van der Waals surface area contributed by atoms with Crippen molar-refractivity contribution < 1.29 is 29.0 Å². The van der Waals surface area contributed by atoms with Gasteiger partial charge in [0.25, 0.3) is 5.79 Å². The van der Waals surface area contributed by atoms with Gasteiger partial charge in [-0.25, -0.2) is 14.4 Å². The van der Waals surface area contributed by atoms with E-state index in [9.17, 15) is 14.4 Å². The highest BCUT2D eigenvalue weighted by Gasteiger charge is 2.28. The summed E-state index contributed by atoms with van der Waals surface area (Å²) >= 11 is 0. The van der Waals surface area contributed by atoms with Crippen molar-refractivity contribution in [2.24, 2.45) is 0 Å². The Morgan fingerprint density at radius 1 is 1.29 bits per heavy atom. The van der Waals surface area contributed by atoms with Gasteiger partial charge in [-0.2, -0.15) is 0 Å². The van der Waals surface area contributed by atoms with Crippen LogP contribution in [0.2, 0.25) is 0 Å². The van der Waals surface area contributed by atoms with Gasteiger partial charge in [0.05, 0.1) is 0 Å². The summed E-state index contributed by atoms with van der Waals surface area (Å²) in [7, 11) is 0. The quantitative estimate of drug-likeness (QED) is 0.314. The van der Waals surface area contributed by atoms with Crippen molar-refractivity contribution in [3.05, 3.63) is 5.57 Å². The predicted molar refractivity (Wildman–Crippen MR) is 44.2 cm³/mol. The summed E-state index contributed by atoms with van der Waals surface area (Å²) in [4.78, 5) is 31.1. The maximum absolute atomic E-state index is 11.0. The Kier molecular flexibility index (Phi) is 3.86. The highest BCUT2D eigenvalue weighted by molar-refractivity contribution is 5.96. The molecular weight excluding hydrogens is 192 g/mol. The summed E-state index contributed by atoms with van der Waals surface area (Å²) in [6.07, 6.45) is -1.57. The Morgan fingerprint density at radius 2 is 1.79 bits per heavy atom. The van der Waals surface area contributed by atoms with Crippen LogP contribution in [-0.2, 0) is 19.1 Å². The number of esters is 1. The monoisotopic (exact) mass is 202 g/mol. The zero-order valence-electron chi connectivity index (χ0n) is 7.99. The van der Waals surface area contributed by atoms with Gasteiger partial charge >= 0.3 is 12.1 Å². The van der Waals surface area contributed by atoms with Crippen LogP contribution in [0.15, 0.2) is 5.57 Å². The minimum Gasteiger partial charge on any atom is -0.450 e. The van der Waals surface area contributed by atoms with Gasteiger partial charge in [-0.15, -0.1) is 0 Å². The van der Waals surface area contributed by atoms with Crippen LogP contribution in [0.25, 0.3) is 0 Å². The molecule has 6 heteroatoms. The number of rotatable bonds is 3. The molecule has 0 heterocycles. The largest absolute Gasteiger partial charge is 0.509 e. The number of ether oxygens (including phenoxy) is 2. The molecule has 0 saturated carbocycles. The standard InChI is InChI=1S/C8H10O6/c1-5(4-9)6(10)13-8(2,3)14-7(11)12/h1-3H3,(H,11,12). The van der Waals surface area contributed by atoms with Gasteiger partial charge in [0.15, 0.2) is 0 Å². The molecule has 0 radical (unpaired) electrons. The normalized spacial score (nSPS) is 9.93. The molecule has 0 aromatic heterocycles. The van der Waals surface area contributed by atoms with Gasteiger partial charge in [0.1, 0.15) is 11.5 Å². The fourth-order valence-electron chi connectivity index (χ4n) is 0.573. The molecule has 0 aromatic rings. The van der Waals surface area contributed by atoms with Gasteiger partial charge in [-0.3, -0.25) is 0 Å². The summed E-state index contributed by atoms with van der Waals surface area (Å²) in [6.45, 7) is 3.67. The summed E-state index contributed by atoms with van der Waals surface area (Å²) in [6, 6.07) is 0. The van der Waals surface area contributed by atoms with Gasteiger partial charge < -0.3 is 14.6 Å². The molecule has 78 valence electrons. The first-order chi connectivity index (χ1) is 6.28. The SMILES string of the molecule is CC(=C=O)C(=O)OC(C)(C)OC(=O)O. The van der Waals surface area contributed by atoms with Gasteiger partial charge in [-0.1, -0.05) is 0 Å². The molecule has 0 rings (SSSR count). The van der Waals surface area contributed by atoms with Crippen molar-refractivity contribution in [3.8, 4) is 0 Å². The average molecular weight is 202 g/mol. The summed E-state index contributed by atoms with van der Waals surface area (Å²) < 4.78 is 8.79. The number of carbonyl (C=O) groups is 2. The molecule has 0 aliphatic heterocycles. The van der Waals surface area contributed by atoms with Crippen molar-refractivity contribution in [2.45, 2.75) is 26.6 Å². The Bertz CT molecular complexity index is 297. The third-order valence-corrected chi connectivity index (χ3v) is 1.13. The Morgan fingerprint density at radius 3 is 2.14 bits per heavy atom. The van der Waals surface area contributed by atoms with Crippen LogP contribution >= 0.6 is 0 Å². The van der Waals surface area contributed by atoms with E-state index in [1.54, 1.807) is 0 Å². The zero-order valence-corrected chi connectivity index (χ0v) is 7.99. The number of hydrogen-bond acceptors (Lipinski definition) is 5. The second-order valence-electron chi connectivity index (χ2n) is 2.88.